The number of nitrogens with one attached hydrogen (secondary N) is 3. The number of H-pyrrole nitrogens is 2. The highest BCUT2D eigenvalue weighted by atomic mass is 35.5. The van der Waals surface area contributed by atoms with Crippen LogP contribution in [0.4, 0.5) is 5.69 Å². The Morgan fingerprint density at radius 3 is 2.45 bits per heavy atom. The van der Waals surface area contributed by atoms with E-state index in [-0.39, 0.29) is 10.6 Å². The minimum absolute atomic E-state index is 0.0714. The molecule has 6 nitrogen and oxygen atoms in total. The molecule has 8 heteroatoms. The summed E-state index contributed by atoms with van der Waals surface area (Å²) >= 11 is 5.83. The summed E-state index contributed by atoms with van der Waals surface area (Å²) in [6.07, 6.45) is 0. The highest BCUT2D eigenvalue weighted by Gasteiger charge is 2.16. The molecule has 0 unspecified atom stereocenters. The molecular weight excluding hydrogens is 326 g/mol. The van der Waals surface area contributed by atoms with Crippen LogP contribution in [0.15, 0.2) is 46.1 Å². The predicted octanol–water partition coefficient (Wildman–Crippen LogP) is 2.62. The fraction of sp³-hybridized carbons (Fsp3) is 0.0714. The molecule has 3 rings (SSSR count). The first-order chi connectivity index (χ1) is 10.3. The number of sulfonamides is 1. The molecule has 0 aliphatic rings. The van der Waals surface area contributed by atoms with Crippen LogP contribution < -0.4 is 10.4 Å². The third-order valence-electron chi connectivity index (χ3n) is 3.21. The number of hydrogen-bond acceptors (Lipinski definition) is 3. The van der Waals surface area contributed by atoms with Gasteiger partial charge >= 0.3 is 5.69 Å². The van der Waals surface area contributed by atoms with Gasteiger partial charge in [0.05, 0.1) is 21.6 Å². The minimum Gasteiger partial charge on any atom is -0.306 e. The molecule has 2 aromatic carbocycles. The molecule has 1 heterocycles. The van der Waals surface area contributed by atoms with Gasteiger partial charge in [-0.25, -0.2) is 13.2 Å². The van der Waals surface area contributed by atoms with Crippen LogP contribution in [0, 0.1) is 6.92 Å². The second-order valence-electron chi connectivity index (χ2n) is 4.85. The maximum Gasteiger partial charge on any atom is 0.323 e. The molecule has 0 amide bonds. The van der Waals surface area contributed by atoms with E-state index >= 15 is 0 Å². The van der Waals surface area contributed by atoms with Gasteiger partial charge in [-0.15, -0.1) is 0 Å². The van der Waals surface area contributed by atoms with Crippen LogP contribution in [0.2, 0.25) is 5.02 Å². The number of anilines is 1. The summed E-state index contributed by atoms with van der Waals surface area (Å²) in [4.78, 5) is 16.6. The lowest BCUT2D eigenvalue weighted by atomic mass is 10.2. The Morgan fingerprint density at radius 1 is 1.09 bits per heavy atom. The van der Waals surface area contributed by atoms with E-state index in [1.165, 1.54) is 12.1 Å². The largest absolute Gasteiger partial charge is 0.323 e. The Kier molecular flexibility index (Phi) is 3.46. The SMILES string of the molecule is Cc1cc2[nH]c(=O)[nH]c2cc1NS(=O)(=O)c1cccc(Cl)c1. The van der Waals surface area contributed by atoms with Crippen molar-refractivity contribution >= 4 is 38.3 Å². The van der Waals surface area contributed by atoms with Crippen LogP contribution in [-0.4, -0.2) is 18.4 Å². The summed E-state index contributed by atoms with van der Waals surface area (Å²) in [5.74, 6) is 0. The standard InChI is InChI=1S/C14H12ClN3O3S/c1-8-5-12-13(17-14(19)16-12)7-11(8)18-22(20,21)10-4-2-3-9(15)6-10/h2-7,18H,1H3,(H2,16,17,19). The molecule has 114 valence electrons. The van der Waals surface area contributed by atoms with Gasteiger partial charge in [0.2, 0.25) is 0 Å². The van der Waals surface area contributed by atoms with Crippen molar-refractivity contribution in [3.63, 3.8) is 0 Å². The second-order valence-corrected chi connectivity index (χ2v) is 6.97. The zero-order valence-corrected chi connectivity index (χ0v) is 13.0. The lowest BCUT2D eigenvalue weighted by Gasteiger charge is -2.11. The van der Waals surface area contributed by atoms with Gasteiger partial charge in [-0.2, -0.15) is 0 Å². The van der Waals surface area contributed by atoms with E-state index < -0.39 is 10.0 Å². The fourth-order valence-corrected chi connectivity index (χ4v) is 3.56. The quantitative estimate of drug-likeness (QED) is 0.685. The smallest absolute Gasteiger partial charge is 0.306 e. The molecule has 0 spiro atoms. The molecule has 22 heavy (non-hydrogen) atoms. The van der Waals surface area contributed by atoms with E-state index in [1.807, 2.05) is 0 Å². The lowest BCUT2D eigenvalue weighted by Crippen LogP contribution is -2.13. The Bertz CT molecular complexity index is 1020. The highest BCUT2D eigenvalue weighted by Crippen LogP contribution is 2.24. The average molecular weight is 338 g/mol. The molecule has 0 aliphatic carbocycles. The minimum atomic E-state index is -3.76. The zero-order chi connectivity index (χ0) is 15.9. The highest BCUT2D eigenvalue weighted by molar-refractivity contribution is 7.92. The van der Waals surface area contributed by atoms with Gasteiger partial charge in [0.25, 0.3) is 10.0 Å². The van der Waals surface area contributed by atoms with Gasteiger partial charge in [-0.1, -0.05) is 17.7 Å². The Labute approximate surface area is 131 Å². The number of fused-ring (bicyclic) bond motifs is 1. The Hall–Kier alpha value is -2.25. The van der Waals surface area contributed by atoms with E-state index in [0.717, 1.165) is 0 Å². The molecule has 0 radical (unpaired) electrons. The van der Waals surface area contributed by atoms with Crippen LogP contribution >= 0.6 is 11.6 Å². The summed E-state index contributed by atoms with van der Waals surface area (Å²) in [6, 6.07) is 9.27. The van der Waals surface area contributed by atoms with Gasteiger partial charge in [0, 0.05) is 5.02 Å². The lowest BCUT2D eigenvalue weighted by molar-refractivity contribution is 0.601. The maximum absolute atomic E-state index is 12.4. The molecule has 0 saturated carbocycles. The monoisotopic (exact) mass is 337 g/mol. The molecule has 3 N–H and O–H groups in total. The van der Waals surface area contributed by atoms with E-state index in [9.17, 15) is 13.2 Å². The third-order valence-corrected chi connectivity index (χ3v) is 4.81. The van der Waals surface area contributed by atoms with Gasteiger partial charge in [-0.3, -0.25) is 4.72 Å². The van der Waals surface area contributed by atoms with Crippen molar-refractivity contribution in [1.82, 2.24) is 9.97 Å². The number of imidazole rings is 1. The van der Waals surface area contributed by atoms with E-state index in [4.69, 9.17) is 11.6 Å². The zero-order valence-electron chi connectivity index (χ0n) is 11.5. The molecule has 0 aliphatic heterocycles. The average Bonchev–Trinajstić information content (AvgIpc) is 2.78. The van der Waals surface area contributed by atoms with Crippen LogP contribution in [0.3, 0.4) is 0 Å². The second kappa shape index (κ2) is 5.19. The number of benzene rings is 2. The molecular formula is C14H12ClN3O3S. The van der Waals surface area contributed by atoms with Crippen molar-refractivity contribution in [2.24, 2.45) is 0 Å². The van der Waals surface area contributed by atoms with Crippen LogP contribution in [0.5, 0.6) is 0 Å². The van der Waals surface area contributed by atoms with Crippen molar-refractivity contribution in [1.29, 1.82) is 0 Å². The van der Waals surface area contributed by atoms with Crippen LogP contribution in [0.25, 0.3) is 11.0 Å². The Balaban J connectivity index is 2.05. The first kappa shape index (κ1) is 14.7. The van der Waals surface area contributed by atoms with Gasteiger partial charge in [0.1, 0.15) is 0 Å². The maximum atomic E-state index is 12.4. The number of aromatic amines is 2. The molecule has 0 atom stereocenters. The predicted molar refractivity (Wildman–Crippen MR) is 85.9 cm³/mol. The molecule has 0 fully saturated rings. The first-order valence-corrected chi connectivity index (χ1v) is 8.22. The molecule has 3 aromatic rings. The van der Waals surface area contributed by atoms with Crippen molar-refractivity contribution in [2.75, 3.05) is 4.72 Å². The first-order valence-electron chi connectivity index (χ1n) is 6.36. The number of halogens is 1. The molecule has 1 aromatic heterocycles. The Morgan fingerprint density at radius 2 is 1.77 bits per heavy atom. The summed E-state index contributed by atoms with van der Waals surface area (Å²) in [5.41, 5.74) is 1.88. The third kappa shape index (κ3) is 2.72. The fourth-order valence-electron chi connectivity index (χ4n) is 2.14. The summed E-state index contributed by atoms with van der Waals surface area (Å²) in [6.45, 7) is 1.75. The van der Waals surface area contributed by atoms with Gasteiger partial charge in [-0.05, 0) is 42.8 Å². The summed E-state index contributed by atoms with van der Waals surface area (Å²) < 4.78 is 27.3. The van der Waals surface area contributed by atoms with Crippen molar-refractivity contribution in [3.8, 4) is 0 Å². The normalized spacial score (nSPS) is 11.7. The molecule has 0 saturated heterocycles. The van der Waals surface area contributed by atoms with E-state index in [1.54, 1.807) is 31.2 Å². The van der Waals surface area contributed by atoms with Crippen LogP contribution in [0.1, 0.15) is 5.56 Å². The topological polar surface area (TPSA) is 94.8 Å². The van der Waals surface area contributed by atoms with Gasteiger partial charge < -0.3 is 9.97 Å². The van der Waals surface area contributed by atoms with Crippen LogP contribution in [-0.2, 0) is 10.0 Å². The van der Waals surface area contributed by atoms with Crippen molar-refractivity contribution in [3.05, 3.63) is 57.5 Å². The van der Waals surface area contributed by atoms with E-state index in [0.29, 0.717) is 27.3 Å². The molecule has 0 bridgehead atoms. The number of aromatic nitrogens is 2. The van der Waals surface area contributed by atoms with Crippen molar-refractivity contribution < 1.29 is 8.42 Å². The van der Waals surface area contributed by atoms with Gasteiger partial charge in [0.15, 0.2) is 0 Å². The number of aryl methyl sites for hydroxylation is 1. The number of hydrogen-bond donors (Lipinski definition) is 3. The van der Waals surface area contributed by atoms with E-state index in [2.05, 4.69) is 14.7 Å². The number of rotatable bonds is 3. The summed E-state index contributed by atoms with van der Waals surface area (Å²) in [5, 5.41) is 0.338. The summed E-state index contributed by atoms with van der Waals surface area (Å²) in [7, 11) is -3.76. The van der Waals surface area contributed by atoms with Crippen molar-refractivity contribution in [2.45, 2.75) is 11.8 Å².